The quantitative estimate of drug-likeness (QED) is 0.715. The SMILES string of the molecule is COC(=O)CCN1CCN(c2cc(N)[nH]n2)CC1. The number of aromatic nitrogens is 2. The number of carbonyl (C=O) groups excluding carboxylic acids is 1. The normalized spacial score (nSPS) is 16.8. The first-order valence-electron chi connectivity index (χ1n) is 6.04. The fourth-order valence-electron chi connectivity index (χ4n) is 2.04. The number of aromatic amines is 1. The number of nitrogen functional groups attached to an aromatic ring is 1. The predicted octanol–water partition coefficient (Wildman–Crippen LogP) is -0.323. The maximum Gasteiger partial charge on any atom is 0.306 e. The van der Waals surface area contributed by atoms with E-state index in [1.807, 2.05) is 6.07 Å². The molecule has 0 spiro atoms. The Hall–Kier alpha value is -1.76. The molecule has 1 aromatic heterocycles. The van der Waals surface area contributed by atoms with Crippen molar-refractivity contribution < 1.29 is 9.53 Å². The third-order valence-corrected chi connectivity index (χ3v) is 3.14. The van der Waals surface area contributed by atoms with E-state index in [0.717, 1.165) is 38.5 Å². The van der Waals surface area contributed by atoms with Gasteiger partial charge in [-0.2, -0.15) is 5.10 Å². The second-order valence-corrected chi connectivity index (χ2v) is 4.34. The van der Waals surface area contributed by atoms with Gasteiger partial charge in [0.15, 0.2) is 5.82 Å². The van der Waals surface area contributed by atoms with Crippen LogP contribution in [0.2, 0.25) is 0 Å². The first kappa shape index (κ1) is 12.7. The van der Waals surface area contributed by atoms with E-state index < -0.39 is 0 Å². The Kier molecular flexibility index (Phi) is 4.03. The summed E-state index contributed by atoms with van der Waals surface area (Å²) in [6.07, 6.45) is 0.450. The standard InChI is InChI=1S/C11H19N5O2/c1-18-11(17)2-3-15-4-6-16(7-5-15)10-8-9(12)13-14-10/h8H,2-7H2,1H3,(H3,12,13,14). The third-order valence-electron chi connectivity index (χ3n) is 3.14. The van der Waals surface area contributed by atoms with E-state index in [1.165, 1.54) is 7.11 Å². The summed E-state index contributed by atoms with van der Waals surface area (Å²) in [5.74, 6) is 1.32. The number of piperazine rings is 1. The number of hydrogen-bond donors (Lipinski definition) is 2. The highest BCUT2D eigenvalue weighted by Crippen LogP contribution is 2.15. The van der Waals surface area contributed by atoms with Crippen LogP contribution in [0, 0.1) is 0 Å². The lowest BCUT2D eigenvalue weighted by atomic mass is 10.3. The average Bonchev–Trinajstić information content (AvgIpc) is 2.83. The minimum Gasteiger partial charge on any atom is -0.469 e. The van der Waals surface area contributed by atoms with E-state index in [9.17, 15) is 4.79 Å². The summed E-state index contributed by atoms with van der Waals surface area (Å²) in [4.78, 5) is 15.5. The van der Waals surface area contributed by atoms with Gasteiger partial charge in [0, 0.05) is 38.8 Å². The van der Waals surface area contributed by atoms with E-state index in [0.29, 0.717) is 12.2 Å². The summed E-state index contributed by atoms with van der Waals surface area (Å²) < 4.78 is 4.63. The Balaban J connectivity index is 1.76. The highest BCUT2D eigenvalue weighted by atomic mass is 16.5. The summed E-state index contributed by atoms with van der Waals surface area (Å²) in [7, 11) is 1.42. The van der Waals surface area contributed by atoms with Gasteiger partial charge < -0.3 is 15.4 Å². The third kappa shape index (κ3) is 3.13. The van der Waals surface area contributed by atoms with Crippen LogP contribution < -0.4 is 10.6 Å². The maximum atomic E-state index is 11.1. The molecule has 1 saturated heterocycles. The number of H-pyrrole nitrogens is 1. The first-order valence-corrected chi connectivity index (χ1v) is 6.04. The molecule has 7 heteroatoms. The van der Waals surface area contributed by atoms with Gasteiger partial charge in [0.1, 0.15) is 5.82 Å². The molecular formula is C11H19N5O2. The zero-order valence-corrected chi connectivity index (χ0v) is 10.6. The fourth-order valence-corrected chi connectivity index (χ4v) is 2.04. The lowest BCUT2D eigenvalue weighted by molar-refractivity contribution is -0.141. The van der Waals surface area contributed by atoms with Crippen molar-refractivity contribution in [2.24, 2.45) is 0 Å². The lowest BCUT2D eigenvalue weighted by Gasteiger charge is -2.34. The number of anilines is 2. The molecule has 0 atom stereocenters. The minimum absolute atomic E-state index is 0.155. The molecule has 0 radical (unpaired) electrons. The van der Waals surface area contributed by atoms with Crippen molar-refractivity contribution in [3.8, 4) is 0 Å². The van der Waals surface area contributed by atoms with Gasteiger partial charge in [-0.1, -0.05) is 0 Å². The van der Waals surface area contributed by atoms with E-state index in [1.54, 1.807) is 0 Å². The van der Waals surface area contributed by atoms with Crippen LogP contribution in [0.1, 0.15) is 6.42 Å². The molecule has 0 saturated carbocycles. The molecule has 18 heavy (non-hydrogen) atoms. The van der Waals surface area contributed by atoms with Crippen LogP contribution in [0.5, 0.6) is 0 Å². The Morgan fingerprint density at radius 3 is 2.78 bits per heavy atom. The highest BCUT2D eigenvalue weighted by molar-refractivity contribution is 5.69. The number of nitrogens with zero attached hydrogens (tertiary/aromatic N) is 3. The van der Waals surface area contributed by atoms with Gasteiger partial charge in [-0.15, -0.1) is 0 Å². The van der Waals surface area contributed by atoms with Gasteiger partial charge in [-0.05, 0) is 0 Å². The Bertz CT molecular complexity index is 398. The number of hydrogen-bond acceptors (Lipinski definition) is 6. The molecule has 0 bridgehead atoms. The van der Waals surface area contributed by atoms with Crippen LogP contribution in [-0.2, 0) is 9.53 Å². The molecule has 0 aromatic carbocycles. The number of esters is 1. The van der Waals surface area contributed by atoms with Gasteiger partial charge in [0.05, 0.1) is 13.5 Å². The zero-order valence-electron chi connectivity index (χ0n) is 10.6. The van der Waals surface area contributed by atoms with Crippen LogP contribution in [0.4, 0.5) is 11.6 Å². The summed E-state index contributed by atoms with van der Waals surface area (Å²) in [5, 5.41) is 6.87. The average molecular weight is 253 g/mol. The van der Waals surface area contributed by atoms with Gasteiger partial charge >= 0.3 is 5.97 Å². The number of nitrogens with two attached hydrogens (primary N) is 1. The Labute approximate surface area is 106 Å². The van der Waals surface area contributed by atoms with E-state index in [4.69, 9.17) is 5.73 Å². The predicted molar refractivity (Wildman–Crippen MR) is 68.3 cm³/mol. The summed E-state index contributed by atoms with van der Waals surface area (Å²) in [5.41, 5.74) is 5.60. The number of rotatable bonds is 4. The maximum absolute atomic E-state index is 11.1. The molecule has 1 aliphatic rings. The van der Waals surface area contributed by atoms with E-state index in [-0.39, 0.29) is 5.97 Å². The molecule has 2 rings (SSSR count). The number of nitrogens with one attached hydrogen (secondary N) is 1. The first-order chi connectivity index (χ1) is 8.69. The van der Waals surface area contributed by atoms with Crippen molar-refractivity contribution >= 4 is 17.6 Å². The zero-order chi connectivity index (χ0) is 13.0. The molecule has 2 heterocycles. The van der Waals surface area contributed by atoms with Crippen LogP contribution in [0.25, 0.3) is 0 Å². The Morgan fingerprint density at radius 1 is 1.50 bits per heavy atom. The summed E-state index contributed by atoms with van der Waals surface area (Å²) >= 11 is 0. The highest BCUT2D eigenvalue weighted by Gasteiger charge is 2.19. The minimum atomic E-state index is -0.155. The van der Waals surface area contributed by atoms with Gasteiger partial charge in [-0.25, -0.2) is 0 Å². The van der Waals surface area contributed by atoms with Gasteiger partial charge in [0.25, 0.3) is 0 Å². The van der Waals surface area contributed by atoms with E-state index >= 15 is 0 Å². The second-order valence-electron chi connectivity index (χ2n) is 4.34. The fraction of sp³-hybridized carbons (Fsp3) is 0.636. The molecule has 100 valence electrons. The summed E-state index contributed by atoms with van der Waals surface area (Å²) in [6.45, 7) is 4.38. The monoisotopic (exact) mass is 253 g/mol. The van der Waals surface area contributed by atoms with Crippen molar-refractivity contribution in [3.05, 3.63) is 6.07 Å². The second kappa shape index (κ2) is 5.72. The number of ether oxygens (including phenoxy) is 1. The van der Waals surface area contributed by atoms with Crippen LogP contribution >= 0.6 is 0 Å². The topological polar surface area (TPSA) is 87.5 Å². The molecular weight excluding hydrogens is 234 g/mol. The molecule has 0 amide bonds. The van der Waals surface area contributed by atoms with Crippen LogP contribution in [-0.4, -0.2) is 60.9 Å². The van der Waals surface area contributed by atoms with Crippen LogP contribution in [0.3, 0.4) is 0 Å². The molecule has 0 aliphatic carbocycles. The van der Waals surface area contributed by atoms with Crippen molar-refractivity contribution in [1.82, 2.24) is 15.1 Å². The van der Waals surface area contributed by atoms with Gasteiger partial charge in [-0.3, -0.25) is 14.8 Å². The van der Waals surface area contributed by atoms with E-state index in [2.05, 4.69) is 24.7 Å². The smallest absolute Gasteiger partial charge is 0.306 e. The van der Waals surface area contributed by atoms with Crippen molar-refractivity contribution in [1.29, 1.82) is 0 Å². The lowest BCUT2D eigenvalue weighted by Crippen LogP contribution is -2.47. The molecule has 1 aromatic rings. The number of carbonyl (C=O) groups is 1. The van der Waals surface area contributed by atoms with Crippen molar-refractivity contribution in [3.63, 3.8) is 0 Å². The largest absolute Gasteiger partial charge is 0.469 e. The molecule has 1 fully saturated rings. The molecule has 3 N–H and O–H groups in total. The molecule has 1 aliphatic heterocycles. The van der Waals surface area contributed by atoms with Crippen molar-refractivity contribution in [2.45, 2.75) is 6.42 Å². The number of methoxy groups -OCH3 is 1. The van der Waals surface area contributed by atoms with Gasteiger partial charge in [0.2, 0.25) is 0 Å². The molecule has 0 unspecified atom stereocenters. The summed E-state index contributed by atoms with van der Waals surface area (Å²) in [6, 6.07) is 1.84. The van der Waals surface area contributed by atoms with Crippen molar-refractivity contribution in [2.75, 3.05) is 50.5 Å². The van der Waals surface area contributed by atoms with Crippen LogP contribution in [0.15, 0.2) is 6.07 Å². The molecule has 7 nitrogen and oxygen atoms in total. The Morgan fingerprint density at radius 2 is 2.22 bits per heavy atom.